The maximum absolute atomic E-state index is 13.6. The Kier molecular flexibility index (Phi) is 4.95. The number of carboxylic acids is 1. The van der Waals surface area contributed by atoms with Crippen LogP contribution in [-0.2, 0) is 0 Å². The normalized spacial score (nSPS) is 9.65. The number of nitrogens with zero attached hydrogens (tertiary/aromatic N) is 1. The standard InChI is InChI=1S/C12H13FN2O2/c1-2-3-4-5-7-14-11-10(13)9(12(16)17)6-8-15-11/h1,6,8H,3-5,7H2,(H,14,15)(H,16,17). The smallest absolute Gasteiger partial charge is 0.338 e. The average Bonchev–Trinajstić information content (AvgIpc) is 2.30. The predicted molar refractivity (Wildman–Crippen MR) is 62.3 cm³/mol. The molecule has 2 N–H and O–H groups in total. The van der Waals surface area contributed by atoms with Crippen molar-refractivity contribution in [3.8, 4) is 12.3 Å². The maximum Gasteiger partial charge on any atom is 0.338 e. The summed E-state index contributed by atoms with van der Waals surface area (Å²) in [7, 11) is 0. The molecule has 90 valence electrons. The van der Waals surface area contributed by atoms with Gasteiger partial charge < -0.3 is 10.4 Å². The molecule has 0 fully saturated rings. The van der Waals surface area contributed by atoms with E-state index in [0.717, 1.165) is 18.9 Å². The van der Waals surface area contributed by atoms with E-state index in [4.69, 9.17) is 11.5 Å². The van der Waals surface area contributed by atoms with E-state index in [0.29, 0.717) is 13.0 Å². The number of halogens is 1. The molecule has 5 heteroatoms. The Labute approximate surface area is 98.9 Å². The number of carbonyl (C=O) groups is 1. The number of nitrogens with one attached hydrogen (secondary N) is 1. The molecule has 0 radical (unpaired) electrons. The van der Waals surface area contributed by atoms with E-state index in [-0.39, 0.29) is 11.4 Å². The lowest BCUT2D eigenvalue weighted by atomic mass is 10.2. The van der Waals surface area contributed by atoms with E-state index < -0.39 is 11.8 Å². The number of carboxylic acid groups (broad SMARTS) is 1. The van der Waals surface area contributed by atoms with Crippen LogP contribution in [0.25, 0.3) is 0 Å². The van der Waals surface area contributed by atoms with Gasteiger partial charge in [-0.1, -0.05) is 0 Å². The maximum atomic E-state index is 13.6. The third-order valence-electron chi connectivity index (χ3n) is 2.16. The van der Waals surface area contributed by atoms with E-state index in [9.17, 15) is 9.18 Å². The van der Waals surface area contributed by atoms with Crippen LogP contribution < -0.4 is 5.32 Å². The van der Waals surface area contributed by atoms with Gasteiger partial charge >= 0.3 is 5.97 Å². The van der Waals surface area contributed by atoms with Gasteiger partial charge in [-0.05, 0) is 18.9 Å². The fraction of sp³-hybridized carbons (Fsp3) is 0.333. The molecule has 0 saturated heterocycles. The first-order valence-corrected chi connectivity index (χ1v) is 5.22. The number of unbranched alkanes of at least 4 members (excludes halogenated alkanes) is 2. The first-order chi connectivity index (χ1) is 8.16. The number of aromatic carboxylic acids is 1. The van der Waals surface area contributed by atoms with Crippen LogP contribution in [0.4, 0.5) is 10.2 Å². The summed E-state index contributed by atoms with van der Waals surface area (Å²) in [5.74, 6) is 0.329. The van der Waals surface area contributed by atoms with Gasteiger partial charge in [-0.25, -0.2) is 14.2 Å². The van der Waals surface area contributed by atoms with E-state index in [2.05, 4.69) is 16.2 Å². The third-order valence-corrected chi connectivity index (χ3v) is 2.16. The topological polar surface area (TPSA) is 62.2 Å². The summed E-state index contributed by atoms with van der Waals surface area (Å²) in [6.07, 6.45) is 8.64. The SMILES string of the molecule is C#CCCCCNc1nccc(C(=O)O)c1F. The van der Waals surface area contributed by atoms with E-state index in [1.165, 1.54) is 6.20 Å². The van der Waals surface area contributed by atoms with Gasteiger partial charge in [0.25, 0.3) is 0 Å². The Hall–Kier alpha value is -2.09. The van der Waals surface area contributed by atoms with Gasteiger partial charge in [-0.2, -0.15) is 0 Å². The van der Waals surface area contributed by atoms with Crippen LogP contribution in [-0.4, -0.2) is 22.6 Å². The predicted octanol–water partition coefficient (Wildman–Crippen LogP) is 2.13. The van der Waals surface area contributed by atoms with Crippen molar-refractivity contribution in [1.82, 2.24) is 4.98 Å². The minimum atomic E-state index is -1.31. The molecule has 1 aromatic heterocycles. The van der Waals surface area contributed by atoms with Crippen LogP contribution >= 0.6 is 0 Å². The third kappa shape index (κ3) is 3.76. The lowest BCUT2D eigenvalue weighted by molar-refractivity contribution is 0.0692. The molecule has 0 aliphatic carbocycles. The monoisotopic (exact) mass is 236 g/mol. The highest BCUT2D eigenvalue weighted by Crippen LogP contribution is 2.15. The van der Waals surface area contributed by atoms with Crippen molar-refractivity contribution in [2.45, 2.75) is 19.3 Å². The van der Waals surface area contributed by atoms with Crippen molar-refractivity contribution in [2.75, 3.05) is 11.9 Å². The van der Waals surface area contributed by atoms with Gasteiger partial charge in [-0.3, -0.25) is 0 Å². The fourth-order valence-corrected chi connectivity index (χ4v) is 1.29. The largest absolute Gasteiger partial charge is 0.478 e. The van der Waals surface area contributed by atoms with E-state index in [1.807, 2.05) is 0 Å². The van der Waals surface area contributed by atoms with Crippen molar-refractivity contribution in [2.24, 2.45) is 0 Å². The molecule has 0 spiro atoms. The van der Waals surface area contributed by atoms with Gasteiger partial charge in [0.1, 0.15) is 5.56 Å². The highest BCUT2D eigenvalue weighted by Gasteiger charge is 2.14. The molecule has 17 heavy (non-hydrogen) atoms. The van der Waals surface area contributed by atoms with Crippen LogP contribution in [0, 0.1) is 18.2 Å². The Bertz CT molecular complexity index is 441. The summed E-state index contributed by atoms with van der Waals surface area (Å²) >= 11 is 0. The van der Waals surface area contributed by atoms with Crippen LogP contribution in [0.3, 0.4) is 0 Å². The average molecular weight is 236 g/mol. The molecule has 4 nitrogen and oxygen atoms in total. The molecule has 0 bridgehead atoms. The summed E-state index contributed by atoms with van der Waals surface area (Å²) < 4.78 is 13.6. The van der Waals surface area contributed by atoms with Gasteiger partial charge in [-0.15, -0.1) is 12.3 Å². The lowest BCUT2D eigenvalue weighted by Gasteiger charge is -2.07. The number of hydrogen-bond donors (Lipinski definition) is 2. The molecule has 0 atom stereocenters. The number of rotatable bonds is 6. The lowest BCUT2D eigenvalue weighted by Crippen LogP contribution is -2.09. The number of aromatic nitrogens is 1. The Morgan fingerprint density at radius 3 is 3.00 bits per heavy atom. The zero-order chi connectivity index (χ0) is 12.7. The highest BCUT2D eigenvalue weighted by molar-refractivity contribution is 5.88. The minimum Gasteiger partial charge on any atom is -0.478 e. The summed E-state index contributed by atoms with van der Waals surface area (Å²) in [6, 6.07) is 1.13. The molecule has 0 unspecified atom stereocenters. The van der Waals surface area contributed by atoms with Crippen LogP contribution in [0.15, 0.2) is 12.3 Å². The first kappa shape index (κ1) is 13.0. The summed E-state index contributed by atoms with van der Waals surface area (Å²) in [5.41, 5.74) is -0.383. The molecule has 1 heterocycles. The summed E-state index contributed by atoms with van der Waals surface area (Å²) in [4.78, 5) is 14.4. The zero-order valence-corrected chi connectivity index (χ0v) is 9.24. The van der Waals surface area contributed by atoms with Crippen LogP contribution in [0.2, 0.25) is 0 Å². The molecule has 0 saturated carbocycles. The molecule has 0 aliphatic heterocycles. The minimum absolute atomic E-state index is 0.0365. The van der Waals surface area contributed by atoms with Crippen LogP contribution in [0.1, 0.15) is 29.6 Å². The van der Waals surface area contributed by atoms with Crippen LogP contribution in [0.5, 0.6) is 0 Å². The Balaban J connectivity index is 2.57. The second-order valence-electron chi connectivity index (χ2n) is 3.41. The van der Waals surface area contributed by atoms with Crippen molar-refractivity contribution in [1.29, 1.82) is 0 Å². The van der Waals surface area contributed by atoms with E-state index in [1.54, 1.807) is 0 Å². The zero-order valence-electron chi connectivity index (χ0n) is 9.24. The highest BCUT2D eigenvalue weighted by atomic mass is 19.1. The van der Waals surface area contributed by atoms with Crippen molar-refractivity contribution >= 4 is 11.8 Å². The summed E-state index contributed by atoms with van der Waals surface area (Å²) in [6.45, 7) is 0.509. The molecule has 0 amide bonds. The Morgan fingerprint density at radius 2 is 2.35 bits per heavy atom. The number of terminal acetylenes is 1. The summed E-state index contributed by atoms with van der Waals surface area (Å²) in [5, 5.41) is 11.5. The van der Waals surface area contributed by atoms with Gasteiger partial charge in [0.05, 0.1) is 0 Å². The van der Waals surface area contributed by atoms with Gasteiger partial charge in [0, 0.05) is 19.2 Å². The number of pyridine rings is 1. The fourth-order valence-electron chi connectivity index (χ4n) is 1.29. The quantitative estimate of drug-likeness (QED) is 0.586. The number of hydrogen-bond acceptors (Lipinski definition) is 3. The second kappa shape index (κ2) is 6.48. The van der Waals surface area contributed by atoms with Gasteiger partial charge in [0.2, 0.25) is 0 Å². The molecule has 1 aromatic rings. The number of anilines is 1. The molecular formula is C12H13FN2O2. The van der Waals surface area contributed by atoms with Crippen molar-refractivity contribution in [3.63, 3.8) is 0 Å². The van der Waals surface area contributed by atoms with Crippen molar-refractivity contribution < 1.29 is 14.3 Å². The first-order valence-electron chi connectivity index (χ1n) is 5.22. The second-order valence-corrected chi connectivity index (χ2v) is 3.41. The van der Waals surface area contributed by atoms with E-state index >= 15 is 0 Å². The molecule has 0 aromatic carbocycles. The Morgan fingerprint density at radius 1 is 1.59 bits per heavy atom. The molecular weight excluding hydrogens is 223 g/mol. The van der Waals surface area contributed by atoms with Gasteiger partial charge in [0.15, 0.2) is 11.6 Å². The molecule has 1 rings (SSSR count). The van der Waals surface area contributed by atoms with Crippen molar-refractivity contribution in [3.05, 3.63) is 23.6 Å². The molecule has 0 aliphatic rings.